The molecule has 5 fully saturated rings. The fourth-order valence-electron chi connectivity index (χ4n) is 9.35. The normalized spacial score (nSPS) is 26.6. The number of hydrogen-bond donors (Lipinski definition) is 5. The summed E-state index contributed by atoms with van der Waals surface area (Å²) in [6, 6.07) is 11.7. The third kappa shape index (κ3) is 9.65. The Morgan fingerprint density at radius 1 is 0.814 bits per heavy atom. The van der Waals surface area contributed by atoms with Gasteiger partial charge in [-0.05, 0) is 94.5 Å². The second-order valence-electron chi connectivity index (χ2n) is 16.7. The van der Waals surface area contributed by atoms with E-state index in [0.29, 0.717) is 67.0 Å². The number of aliphatic hydroxyl groups excluding tert-OH is 1. The van der Waals surface area contributed by atoms with E-state index in [2.05, 4.69) is 41.0 Å². The summed E-state index contributed by atoms with van der Waals surface area (Å²) < 4.78 is 30.2. The first-order valence-electron chi connectivity index (χ1n) is 21.1. The van der Waals surface area contributed by atoms with Gasteiger partial charge in [0.15, 0.2) is 5.82 Å². The van der Waals surface area contributed by atoms with E-state index >= 15 is 4.39 Å². The highest BCUT2D eigenvalue weighted by Crippen LogP contribution is 2.32. The van der Waals surface area contributed by atoms with Gasteiger partial charge in [-0.25, -0.2) is 18.7 Å². The van der Waals surface area contributed by atoms with E-state index < -0.39 is 23.9 Å². The van der Waals surface area contributed by atoms with Crippen molar-refractivity contribution >= 4 is 41.0 Å². The summed E-state index contributed by atoms with van der Waals surface area (Å²) >= 11 is 0. The number of anilines is 3. The van der Waals surface area contributed by atoms with Crippen molar-refractivity contribution in [2.75, 3.05) is 54.8 Å². The number of imide groups is 1. The van der Waals surface area contributed by atoms with Crippen molar-refractivity contribution in [3.05, 3.63) is 65.9 Å². The van der Waals surface area contributed by atoms with Gasteiger partial charge in [0.2, 0.25) is 23.7 Å². The molecule has 2 atom stereocenters. The van der Waals surface area contributed by atoms with Gasteiger partial charge < -0.3 is 30.9 Å². The highest BCUT2D eigenvalue weighted by molar-refractivity contribution is 6.01. The van der Waals surface area contributed by atoms with E-state index in [4.69, 9.17) is 0 Å². The van der Waals surface area contributed by atoms with Gasteiger partial charge in [0, 0.05) is 86.5 Å². The summed E-state index contributed by atoms with van der Waals surface area (Å²) in [6.07, 6.45) is 8.60. The minimum absolute atomic E-state index is 0.00782. The number of rotatable bonds is 10. The second kappa shape index (κ2) is 18.0. The molecule has 314 valence electrons. The molecular weight excluding hydrogens is 761 g/mol. The number of amides is 4. The zero-order chi connectivity index (χ0) is 41.0. The van der Waals surface area contributed by atoms with Crippen LogP contribution in [0, 0.1) is 17.6 Å². The van der Waals surface area contributed by atoms with Crippen LogP contribution in [0.25, 0.3) is 11.3 Å². The van der Waals surface area contributed by atoms with Crippen LogP contribution >= 0.6 is 0 Å². The minimum atomic E-state index is -0.585. The lowest BCUT2D eigenvalue weighted by Crippen LogP contribution is -2.52. The lowest BCUT2D eigenvalue weighted by Gasteiger charge is -2.42. The van der Waals surface area contributed by atoms with Gasteiger partial charge in [-0.3, -0.25) is 29.4 Å². The molecule has 5 N–H and O–H groups in total. The van der Waals surface area contributed by atoms with E-state index in [1.165, 1.54) is 6.07 Å². The van der Waals surface area contributed by atoms with Crippen LogP contribution in [0.5, 0.6) is 0 Å². The lowest BCUT2D eigenvalue weighted by atomic mass is 9.83. The first kappa shape index (κ1) is 40.6. The molecule has 2 aliphatic carbocycles. The average Bonchev–Trinajstić information content (AvgIpc) is 3.69. The summed E-state index contributed by atoms with van der Waals surface area (Å²) in [4.78, 5) is 64.7. The van der Waals surface area contributed by atoms with Crippen molar-refractivity contribution in [3.8, 4) is 11.3 Å². The average molecular weight is 814 g/mol. The highest BCUT2D eigenvalue weighted by atomic mass is 19.1. The van der Waals surface area contributed by atoms with Crippen LogP contribution in [0.4, 0.5) is 26.1 Å². The van der Waals surface area contributed by atoms with Crippen molar-refractivity contribution in [3.63, 3.8) is 0 Å². The quantitative estimate of drug-likeness (QED) is 0.187. The molecule has 3 aliphatic heterocycles. The van der Waals surface area contributed by atoms with Crippen LogP contribution in [0.2, 0.25) is 0 Å². The van der Waals surface area contributed by atoms with E-state index in [-0.39, 0.29) is 60.2 Å². The number of halogens is 2. The van der Waals surface area contributed by atoms with Crippen LogP contribution in [-0.2, 0) is 14.4 Å². The largest absolute Gasteiger partial charge is 0.391 e. The Kier molecular flexibility index (Phi) is 12.3. The number of nitrogens with zero attached hydrogens (tertiary/aromatic N) is 5. The Morgan fingerprint density at radius 3 is 2.29 bits per heavy atom. The molecular formula is C43H53F2N9O5. The van der Waals surface area contributed by atoms with Gasteiger partial charge in [0.25, 0.3) is 5.91 Å². The van der Waals surface area contributed by atoms with Crippen molar-refractivity contribution in [1.29, 1.82) is 0 Å². The van der Waals surface area contributed by atoms with E-state index in [1.54, 1.807) is 41.3 Å². The predicted octanol–water partition coefficient (Wildman–Crippen LogP) is 4.07. The number of nitrogens with one attached hydrogen (secondary N) is 4. The molecule has 16 heteroatoms. The number of likely N-dealkylation sites (tertiary alicyclic amines) is 1. The first-order valence-corrected chi connectivity index (χ1v) is 21.1. The van der Waals surface area contributed by atoms with Gasteiger partial charge >= 0.3 is 0 Å². The summed E-state index contributed by atoms with van der Waals surface area (Å²) in [5.41, 5.74) is 2.04. The molecule has 0 bridgehead atoms. The number of carbonyl (C=O) groups excluding carboxylic acids is 4. The number of benzene rings is 2. The smallest absolute Gasteiger partial charge is 0.253 e. The SMILES string of the molecule is O=C1CCC(Nc2ccc(N3CCN(C4CCC(C(=O)NC5CCC(Nc6ncc(F)c(-c7cccc(C(=O)N8CC[C@H](O)C8)c7)n6)CC5)CC4)CC3)c(F)c2)C(=O)N1. The third-order valence-electron chi connectivity index (χ3n) is 12.8. The molecule has 4 amide bonds. The van der Waals surface area contributed by atoms with E-state index in [1.807, 2.05) is 0 Å². The number of β-amino-alcohol motifs (C(OH)–C–C–N with tert-alkyl or cyclic N) is 1. The Balaban J connectivity index is 0.752. The van der Waals surface area contributed by atoms with E-state index in [9.17, 15) is 28.7 Å². The van der Waals surface area contributed by atoms with Crippen LogP contribution < -0.4 is 26.2 Å². The molecule has 2 saturated carbocycles. The summed E-state index contributed by atoms with van der Waals surface area (Å²) in [5, 5.41) is 21.9. The third-order valence-corrected chi connectivity index (χ3v) is 12.8. The fourth-order valence-corrected chi connectivity index (χ4v) is 9.35. The summed E-state index contributed by atoms with van der Waals surface area (Å²) in [7, 11) is 0. The van der Waals surface area contributed by atoms with Crippen molar-refractivity contribution in [1.82, 2.24) is 30.4 Å². The molecule has 3 saturated heterocycles. The van der Waals surface area contributed by atoms with Gasteiger partial charge in [-0.1, -0.05) is 12.1 Å². The fraction of sp³-hybridized carbons (Fsp3) is 0.535. The number of hydrogen-bond acceptors (Lipinski definition) is 11. The van der Waals surface area contributed by atoms with Gasteiger partial charge in [0.1, 0.15) is 17.6 Å². The number of carbonyl (C=O) groups is 4. The monoisotopic (exact) mass is 813 g/mol. The van der Waals surface area contributed by atoms with Crippen LogP contribution in [0.3, 0.4) is 0 Å². The maximum atomic E-state index is 15.2. The number of aromatic nitrogens is 2. The lowest BCUT2D eigenvalue weighted by molar-refractivity contribution is -0.133. The van der Waals surface area contributed by atoms with Crippen LogP contribution in [0.1, 0.15) is 81.0 Å². The van der Waals surface area contributed by atoms with Crippen molar-refractivity contribution in [2.24, 2.45) is 5.92 Å². The van der Waals surface area contributed by atoms with Gasteiger partial charge in [0.05, 0.1) is 18.0 Å². The van der Waals surface area contributed by atoms with Gasteiger partial charge in [-0.15, -0.1) is 0 Å². The number of piperidine rings is 1. The van der Waals surface area contributed by atoms with Crippen LogP contribution in [0.15, 0.2) is 48.7 Å². The molecule has 0 spiro atoms. The molecule has 59 heavy (non-hydrogen) atoms. The maximum absolute atomic E-state index is 15.2. The molecule has 1 unspecified atom stereocenters. The standard InChI is InChI=1S/C43H53F2N9O5/c44-34-23-31(47-36-13-15-38(56)50-41(36)58)10-14-37(34)53-20-18-52(19-21-53)32-11-4-26(5-12-32)40(57)48-29-6-8-30(9-7-29)49-43-46-24-35(45)39(51-43)27-2-1-3-28(22-27)42(59)54-17-16-33(55)25-54/h1-3,10,14,22-24,26,29-30,32-33,36,47,55H,4-9,11-13,15-21,25H2,(H,48,57)(H,46,49,51)(H,50,56,58)/t26?,29?,30?,32?,33-,36?/m0/s1. The molecule has 14 nitrogen and oxygen atoms in total. The zero-order valence-electron chi connectivity index (χ0n) is 33.2. The highest BCUT2D eigenvalue weighted by Gasteiger charge is 2.34. The predicted molar refractivity (Wildman–Crippen MR) is 217 cm³/mol. The van der Waals surface area contributed by atoms with Crippen molar-refractivity contribution in [2.45, 2.75) is 101 Å². The molecule has 3 aromatic rings. The first-order chi connectivity index (χ1) is 28.6. The molecule has 1 aromatic heterocycles. The maximum Gasteiger partial charge on any atom is 0.253 e. The topological polar surface area (TPSA) is 172 Å². The van der Waals surface area contributed by atoms with E-state index in [0.717, 1.165) is 70.7 Å². The van der Waals surface area contributed by atoms with Gasteiger partial charge in [-0.2, -0.15) is 0 Å². The Morgan fingerprint density at radius 2 is 1.58 bits per heavy atom. The second-order valence-corrected chi connectivity index (χ2v) is 16.7. The summed E-state index contributed by atoms with van der Waals surface area (Å²) in [5.74, 6) is -1.39. The molecule has 0 radical (unpaired) electrons. The Hall–Kier alpha value is -5.22. The van der Waals surface area contributed by atoms with Crippen LogP contribution in [-0.4, -0.2) is 118 Å². The van der Waals surface area contributed by atoms with Crippen molar-refractivity contribution < 1.29 is 33.1 Å². The minimum Gasteiger partial charge on any atom is -0.391 e. The number of piperazine rings is 1. The molecule has 4 heterocycles. The molecule has 2 aromatic carbocycles. The summed E-state index contributed by atoms with van der Waals surface area (Å²) in [6.45, 7) is 3.80. The Bertz CT molecular complexity index is 2030. The molecule has 8 rings (SSSR count). The number of aliphatic hydroxyl groups is 1. The zero-order valence-corrected chi connectivity index (χ0v) is 33.2. The Labute approximate surface area is 342 Å². The molecule has 5 aliphatic rings.